The number of aromatic nitrogens is 2. The summed E-state index contributed by atoms with van der Waals surface area (Å²) >= 11 is 1.43. The van der Waals surface area contributed by atoms with E-state index in [1.165, 1.54) is 11.3 Å². The van der Waals surface area contributed by atoms with Crippen molar-refractivity contribution in [3.05, 3.63) is 65.3 Å². The molecule has 2 aromatic heterocycles. The second kappa shape index (κ2) is 7.79. The van der Waals surface area contributed by atoms with Gasteiger partial charge in [-0.15, -0.1) is 11.3 Å². The molecule has 0 aliphatic rings. The van der Waals surface area contributed by atoms with E-state index in [-0.39, 0.29) is 12.3 Å². The maximum absolute atomic E-state index is 10.8. The van der Waals surface area contributed by atoms with Crippen LogP contribution in [-0.4, -0.2) is 27.0 Å². The number of aryl methyl sites for hydroxylation is 1. The third kappa shape index (κ3) is 4.25. The van der Waals surface area contributed by atoms with Crippen LogP contribution in [0.25, 0.3) is 21.1 Å². The molecule has 7 heteroatoms. The Morgan fingerprint density at radius 3 is 2.54 bits per heavy atom. The molecular weight excluding hydrogens is 350 g/mol. The summed E-state index contributed by atoms with van der Waals surface area (Å²) in [6.45, 7) is 0. The molecule has 6 nitrogen and oxygen atoms in total. The van der Waals surface area contributed by atoms with Gasteiger partial charge in [0.15, 0.2) is 0 Å². The van der Waals surface area contributed by atoms with Gasteiger partial charge in [0.05, 0.1) is 22.3 Å². The number of primary amides is 1. The second-order valence-corrected chi connectivity index (χ2v) is 6.69. The molecule has 0 saturated heterocycles. The molecule has 2 aromatic carbocycles. The minimum atomic E-state index is -0.801. The van der Waals surface area contributed by atoms with Gasteiger partial charge in [0.1, 0.15) is 5.82 Å². The van der Waals surface area contributed by atoms with Gasteiger partial charge in [-0.1, -0.05) is 30.3 Å². The quantitative estimate of drug-likeness (QED) is 0.512. The molecule has 4 N–H and O–H groups in total. The average Bonchev–Trinajstić information content (AvgIpc) is 3.24. The van der Waals surface area contributed by atoms with Crippen LogP contribution < -0.4 is 5.73 Å². The molecule has 0 atom stereocenters. The number of nitrogens with one attached hydrogen (secondary N) is 1. The van der Waals surface area contributed by atoms with Gasteiger partial charge in [0, 0.05) is 11.1 Å². The first-order chi connectivity index (χ1) is 12.5. The third-order valence-corrected chi connectivity index (χ3v) is 4.81. The Morgan fingerprint density at radius 1 is 1.12 bits per heavy atom. The summed E-state index contributed by atoms with van der Waals surface area (Å²) in [6.07, 6.45) is 0.559. The van der Waals surface area contributed by atoms with Gasteiger partial charge in [-0.2, -0.15) is 0 Å². The minimum Gasteiger partial charge on any atom is -0.481 e. The van der Waals surface area contributed by atoms with Gasteiger partial charge in [0.25, 0.3) is 5.91 Å². The van der Waals surface area contributed by atoms with Gasteiger partial charge < -0.3 is 15.8 Å². The lowest BCUT2D eigenvalue weighted by Gasteiger charge is -1.89. The number of carbonyl (C=O) groups is 2. The Bertz CT molecular complexity index is 1000. The molecule has 0 fully saturated rings. The van der Waals surface area contributed by atoms with E-state index in [0.29, 0.717) is 11.3 Å². The molecule has 26 heavy (non-hydrogen) atoms. The van der Waals surface area contributed by atoms with E-state index >= 15 is 0 Å². The number of carboxylic acids is 1. The van der Waals surface area contributed by atoms with Crippen LogP contribution in [-0.2, 0) is 11.2 Å². The van der Waals surface area contributed by atoms with E-state index in [9.17, 15) is 9.59 Å². The van der Waals surface area contributed by atoms with Gasteiger partial charge >= 0.3 is 5.97 Å². The van der Waals surface area contributed by atoms with Crippen LogP contribution in [0.1, 0.15) is 21.9 Å². The summed E-state index contributed by atoms with van der Waals surface area (Å²) in [5, 5.41) is 9.59. The molecule has 0 radical (unpaired) electrons. The highest BCUT2D eigenvalue weighted by Crippen LogP contribution is 2.24. The average molecular weight is 367 g/mol. The number of hydrogen-bond donors (Lipinski definition) is 3. The van der Waals surface area contributed by atoms with Crippen molar-refractivity contribution in [3.63, 3.8) is 0 Å². The first kappa shape index (κ1) is 17.6. The third-order valence-electron chi connectivity index (χ3n) is 3.68. The number of thiophene rings is 1. The summed E-state index contributed by atoms with van der Waals surface area (Å²) in [4.78, 5) is 29.1. The number of fused-ring (bicyclic) bond motifs is 2. The number of aromatic amines is 1. The lowest BCUT2D eigenvalue weighted by molar-refractivity contribution is -0.137. The number of nitrogens with zero attached hydrogens (tertiary/aromatic N) is 1. The van der Waals surface area contributed by atoms with E-state index in [1.807, 2.05) is 54.6 Å². The zero-order chi connectivity index (χ0) is 18.5. The summed E-state index contributed by atoms with van der Waals surface area (Å²) < 4.78 is 1.10. The van der Waals surface area contributed by atoms with Gasteiger partial charge in [-0.05, 0) is 29.7 Å². The Morgan fingerprint density at radius 2 is 1.85 bits per heavy atom. The van der Waals surface area contributed by atoms with Crippen molar-refractivity contribution >= 4 is 44.3 Å². The number of hydrogen-bond acceptors (Lipinski definition) is 4. The normalized spacial score (nSPS) is 10.5. The molecule has 0 aliphatic heterocycles. The molecule has 2 heterocycles. The van der Waals surface area contributed by atoms with E-state index < -0.39 is 5.97 Å². The van der Waals surface area contributed by atoms with Crippen molar-refractivity contribution in [2.45, 2.75) is 12.8 Å². The lowest BCUT2D eigenvalue weighted by Crippen LogP contribution is -2.07. The highest BCUT2D eigenvalue weighted by atomic mass is 32.1. The van der Waals surface area contributed by atoms with Crippen molar-refractivity contribution in [1.82, 2.24) is 9.97 Å². The number of carbonyl (C=O) groups excluding carboxylic acids is 1. The lowest BCUT2D eigenvalue weighted by atomic mass is 10.2. The molecule has 1 amide bonds. The Balaban J connectivity index is 0.000000152. The fourth-order valence-electron chi connectivity index (χ4n) is 2.45. The fourth-order valence-corrected chi connectivity index (χ4v) is 3.37. The molecule has 0 spiro atoms. The molecule has 0 unspecified atom stereocenters. The number of amides is 1. The summed E-state index contributed by atoms with van der Waals surface area (Å²) in [5.74, 6) is -0.421. The van der Waals surface area contributed by atoms with E-state index in [4.69, 9.17) is 10.8 Å². The molecule has 0 bridgehead atoms. The number of imidazole rings is 1. The Labute approximate surface area is 153 Å². The van der Waals surface area contributed by atoms with Crippen LogP contribution in [0.15, 0.2) is 54.6 Å². The minimum absolute atomic E-state index is 0.111. The van der Waals surface area contributed by atoms with Crippen molar-refractivity contribution < 1.29 is 14.7 Å². The number of nitrogens with two attached hydrogens (primary N) is 1. The zero-order valence-corrected chi connectivity index (χ0v) is 14.6. The second-order valence-electron chi connectivity index (χ2n) is 5.61. The highest BCUT2D eigenvalue weighted by molar-refractivity contribution is 7.20. The van der Waals surface area contributed by atoms with Gasteiger partial charge in [-0.25, -0.2) is 4.98 Å². The highest BCUT2D eigenvalue weighted by Gasteiger charge is 2.05. The smallest absolute Gasteiger partial charge is 0.303 e. The monoisotopic (exact) mass is 367 g/mol. The van der Waals surface area contributed by atoms with Crippen molar-refractivity contribution in [3.8, 4) is 0 Å². The topological polar surface area (TPSA) is 109 Å². The number of para-hydroxylation sites is 2. The number of H-pyrrole nitrogens is 1. The van der Waals surface area contributed by atoms with Crippen LogP contribution in [0, 0.1) is 0 Å². The molecule has 0 aliphatic carbocycles. The summed E-state index contributed by atoms with van der Waals surface area (Å²) in [7, 11) is 0. The van der Waals surface area contributed by atoms with E-state index in [0.717, 1.165) is 26.9 Å². The number of carboxylic acid groups (broad SMARTS) is 1. The first-order valence-corrected chi connectivity index (χ1v) is 8.78. The zero-order valence-electron chi connectivity index (χ0n) is 13.8. The molecule has 0 saturated carbocycles. The predicted molar refractivity (Wildman–Crippen MR) is 102 cm³/mol. The number of rotatable bonds is 4. The Hall–Kier alpha value is -3.19. The largest absolute Gasteiger partial charge is 0.481 e. The molecular formula is C19H17N3O3S. The Kier molecular flexibility index (Phi) is 5.28. The van der Waals surface area contributed by atoms with Crippen LogP contribution in [0.3, 0.4) is 0 Å². The molecule has 132 valence electrons. The summed E-state index contributed by atoms with van der Waals surface area (Å²) in [5.41, 5.74) is 6.98. The molecule has 4 aromatic rings. The van der Waals surface area contributed by atoms with Crippen LogP contribution >= 0.6 is 11.3 Å². The number of aliphatic carboxylic acids is 1. The van der Waals surface area contributed by atoms with Crippen molar-refractivity contribution in [1.29, 1.82) is 0 Å². The maximum Gasteiger partial charge on any atom is 0.303 e. The summed E-state index contributed by atoms with van der Waals surface area (Å²) in [6, 6.07) is 17.3. The fraction of sp³-hybridized carbons (Fsp3) is 0.105. The van der Waals surface area contributed by atoms with Crippen LogP contribution in [0.5, 0.6) is 0 Å². The van der Waals surface area contributed by atoms with Crippen LogP contribution in [0.4, 0.5) is 0 Å². The van der Waals surface area contributed by atoms with Gasteiger partial charge in [-0.3, -0.25) is 9.59 Å². The van der Waals surface area contributed by atoms with Crippen LogP contribution in [0.2, 0.25) is 0 Å². The van der Waals surface area contributed by atoms with Gasteiger partial charge in [0.2, 0.25) is 0 Å². The molecule has 4 rings (SSSR count). The first-order valence-electron chi connectivity index (χ1n) is 7.97. The van der Waals surface area contributed by atoms with Crippen molar-refractivity contribution in [2.24, 2.45) is 5.73 Å². The maximum atomic E-state index is 10.8. The standard InChI is InChI=1S/C10H10N2O2.C9H7NOS/c13-10(14)6-5-9-11-7-3-1-2-4-8(7)12-9;10-9(11)8-5-6-3-1-2-4-7(6)12-8/h1-4H,5-6H2,(H,11,12)(H,13,14);1-5H,(H2,10,11). The number of benzene rings is 2. The van der Waals surface area contributed by atoms with Crippen molar-refractivity contribution in [2.75, 3.05) is 0 Å². The SMILES string of the molecule is NC(=O)c1cc2ccccc2s1.O=C(O)CCc1nc2ccccc2[nH]1. The van der Waals surface area contributed by atoms with E-state index in [1.54, 1.807) is 0 Å². The predicted octanol–water partition coefficient (Wildman–Crippen LogP) is 3.58. The van der Waals surface area contributed by atoms with E-state index in [2.05, 4.69) is 9.97 Å².